The maximum atomic E-state index is 12.7. The van der Waals surface area contributed by atoms with Gasteiger partial charge < -0.3 is 30.7 Å². The Hall–Kier alpha value is -3.30. The van der Waals surface area contributed by atoms with Gasteiger partial charge in [-0.05, 0) is 57.4 Å². The van der Waals surface area contributed by atoms with Crippen molar-refractivity contribution in [3.05, 3.63) is 52.4 Å². The number of fused-ring (bicyclic) bond motifs is 2. The first-order valence-electron chi connectivity index (χ1n) is 13.0. The molecule has 5 N–H and O–H groups in total. The number of hydrogen-bond donors (Lipinski definition) is 5. The summed E-state index contributed by atoms with van der Waals surface area (Å²) in [6.45, 7) is 5.34. The molecule has 2 fully saturated rings. The Labute approximate surface area is 246 Å². The standard InChI is InChI=1S/C27H26ClF3N6O4S/c1-11(14-4-5-17(16(28)10-14)41-27(29,30)31)33-24-34-12(2)19(23-35-20-13(3)32-9-7-18(20)42-23)22(36-24)37-25(39)8-6-15-21(38)26(15,25)40/h4-5,7,9-11,15,21,38-40H,6,8H2,1-3H3,(H2,33,34,36,37). The van der Waals surface area contributed by atoms with E-state index in [2.05, 4.69) is 30.3 Å². The molecule has 3 aromatic heterocycles. The molecule has 0 radical (unpaired) electrons. The lowest BCUT2D eigenvalue weighted by Gasteiger charge is -2.33. The molecule has 6 rings (SSSR count). The maximum absolute atomic E-state index is 12.7. The van der Waals surface area contributed by atoms with E-state index in [1.165, 1.54) is 23.5 Å². The lowest BCUT2D eigenvalue weighted by Crippen LogP contribution is -2.51. The lowest BCUT2D eigenvalue weighted by atomic mass is 10.0. The highest BCUT2D eigenvalue weighted by Crippen LogP contribution is 2.61. The van der Waals surface area contributed by atoms with E-state index in [-0.39, 0.29) is 23.2 Å². The predicted octanol–water partition coefficient (Wildman–Crippen LogP) is 5.11. The largest absolute Gasteiger partial charge is 0.573 e. The molecule has 2 saturated carbocycles. The fourth-order valence-electron chi connectivity index (χ4n) is 5.62. The average Bonchev–Trinajstić information content (AvgIpc) is 3.16. The highest BCUT2D eigenvalue weighted by atomic mass is 35.5. The van der Waals surface area contributed by atoms with Gasteiger partial charge in [-0.3, -0.25) is 4.98 Å². The van der Waals surface area contributed by atoms with Crippen molar-refractivity contribution in [2.75, 3.05) is 10.6 Å². The Morgan fingerprint density at radius 1 is 1.14 bits per heavy atom. The topological polar surface area (TPSA) is 146 Å². The molecule has 0 saturated heterocycles. The van der Waals surface area contributed by atoms with Crippen molar-refractivity contribution in [2.45, 2.75) is 63.4 Å². The van der Waals surface area contributed by atoms with Crippen molar-refractivity contribution >= 4 is 44.9 Å². The van der Waals surface area contributed by atoms with E-state index in [0.717, 1.165) is 16.5 Å². The van der Waals surface area contributed by atoms with Gasteiger partial charge in [0.15, 0.2) is 5.72 Å². The van der Waals surface area contributed by atoms with E-state index in [4.69, 9.17) is 16.6 Å². The number of thiazole rings is 1. The number of rotatable bonds is 7. The number of nitrogens with one attached hydrogen (secondary N) is 2. The zero-order valence-corrected chi connectivity index (χ0v) is 24.1. The molecule has 0 spiro atoms. The Balaban J connectivity index is 1.37. The summed E-state index contributed by atoms with van der Waals surface area (Å²) < 4.78 is 42.8. The Bertz CT molecular complexity index is 1710. The molecule has 1 aromatic carbocycles. The van der Waals surface area contributed by atoms with Crippen LogP contribution in [0.3, 0.4) is 0 Å². The molecule has 0 aliphatic heterocycles. The minimum atomic E-state index is -4.88. The molecule has 0 amide bonds. The number of anilines is 2. The molecule has 5 unspecified atom stereocenters. The molecule has 5 atom stereocenters. The van der Waals surface area contributed by atoms with Crippen LogP contribution in [0.1, 0.15) is 42.8 Å². The van der Waals surface area contributed by atoms with Gasteiger partial charge in [0, 0.05) is 12.1 Å². The van der Waals surface area contributed by atoms with Gasteiger partial charge in [0.05, 0.1) is 38.8 Å². The lowest BCUT2D eigenvalue weighted by molar-refractivity contribution is -0.274. The highest BCUT2D eigenvalue weighted by Gasteiger charge is 2.78. The quantitative estimate of drug-likeness (QED) is 0.176. The molecule has 10 nitrogen and oxygen atoms in total. The first kappa shape index (κ1) is 28.8. The van der Waals surface area contributed by atoms with E-state index in [1.54, 1.807) is 20.0 Å². The van der Waals surface area contributed by atoms with Gasteiger partial charge in [0.1, 0.15) is 27.7 Å². The maximum Gasteiger partial charge on any atom is 0.573 e. The van der Waals surface area contributed by atoms with Crippen LogP contribution in [0, 0.1) is 19.8 Å². The molecular formula is C27H26ClF3N6O4S. The second kappa shape index (κ2) is 9.88. The minimum absolute atomic E-state index is 0.137. The van der Waals surface area contributed by atoms with Crippen molar-refractivity contribution < 1.29 is 33.2 Å². The van der Waals surface area contributed by atoms with Crippen molar-refractivity contribution in [3.63, 3.8) is 0 Å². The van der Waals surface area contributed by atoms with E-state index in [9.17, 15) is 28.5 Å². The number of aromatic nitrogens is 4. The third kappa shape index (κ3) is 4.80. The number of benzene rings is 1. The van der Waals surface area contributed by atoms with Crippen LogP contribution < -0.4 is 15.4 Å². The Kier molecular flexibility index (Phi) is 6.77. The van der Waals surface area contributed by atoms with Crippen LogP contribution in [0.5, 0.6) is 5.75 Å². The number of hydrogen-bond acceptors (Lipinski definition) is 11. The van der Waals surface area contributed by atoms with E-state index >= 15 is 0 Å². The molecule has 15 heteroatoms. The third-order valence-electron chi connectivity index (χ3n) is 7.91. The molecule has 42 heavy (non-hydrogen) atoms. The summed E-state index contributed by atoms with van der Waals surface area (Å²) in [6.07, 6.45) is -3.66. The number of alkyl halides is 3. The van der Waals surface area contributed by atoms with Gasteiger partial charge in [0.2, 0.25) is 5.95 Å². The fourth-order valence-corrected chi connectivity index (χ4v) is 6.96. The van der Waals surface area contributed by atoms with Gasteiger partial charge in [0.25, 0.3) is 0 Å². The molecule has 2 aliphatic carbocycles. The smallest absolute Gasteiger partial charge is 0.404 e. The highest BCUT2D eigenvalue weighted by molar-refractivity contribution is 7.21. The Morgan fingerprint density at radius 2 is 1.90 bits per heavy atom. The normalized spacial score (nSPS) is 25.8. The van der Waals surface area contributed by atoms with Crippen molar-refractivity contribution in [1.29, 1.82) is 0 Å². The summed E-state index contributed by atoms with van der Waals surface area (Å²) in [5, 5.41) is 39.3. The van der Waals surface area contributed by atoms with E-state index in [1.807, 2.05) is 13.0 Å². The zero-order chi connectivity index (χ0) is 30.2. The molecule has 4 aromatic rings. The second-order valence-electron chi connectivity index (χ2n) is 10.6. The number of ether oxygens (including phenoxy) is 1. The van der Waals surface area contributed by atoms with Crippen LogP contribution in [0.25, 0.3) is 20.8 Å². The average molecular weight is 623 g/mol. The molecule has 3 heterocycles. The molecule has 222 valence electrons. The third-order valence-corrected chi connectivity index (χ3v) is 9.25. The van der Waals surface area contributed by atoms with Crippen LogP contribution in [-0.4, -0.2) is 59.0 Å². The van der Waals surface area contributed by atoms with Gasteiger partial charge in [-0.1, -0.05) is 17.7 Å². The van der Waals surface area contributed by atoms with Gasteiger partial charge in [-0.2, -0.15) is 4.98 Å². The van der Waals surface area contributed by atoms with E-state index < -0.39 is 41.5 Å². The summed E-state index contributed by atoms with van der Waals surface area (Å²) >= 11 is 7.44. The molecular weight excluding hydrogens is 597 g/mol. The monoisotopic (exact) mass is 622 g/mol. The summed E-state index contributed by atoms with van der Waals surface area (Å²) in [5.74, 6) is -0.653. The first-order valence-corrected chi connectivity index (χ1v) is 14.2. The number of halogens is 4. The van der Waals surface area contributed by atoms with Crippen LogP contribution in [0.15, 0.2) is 30.5 Å². The summed E-state index contributed by atoms with van der Waals surface area (Å²) in [4.78, 5) is 18.3. The number of aryl methyl sites for hydroxylation is 2. The summed E-state index contributed by atoms with van der Waals surface area (Å²) in [5.41, 5.74) is -0.587. The molecule has 2 aliphatic rings. The number of nitrogens with zero attached hydrogens (tertiary/aromatic N) is 4. The van der Waals surface area contributed by atoms with Crippen LogP contribution >= 0.6 is 22.9 Å². The van der Waals surface area contributed by atoms with Gasteiger partial charge in [-0.15, -0.1) is 24.5 Å². The van der Waals surface area contributed by atoms with Crippen LogP contribution in [-0.2, 0) is 0 Å². The number of aliphatic hydroxyl groups is 3. The van der Waals surface area contributed by atoms with Crippen LogP contribution in [0.4, 0.5) is 24.9 Å². The van der Waals surface area contributed by atoms with Crippen molar-refractivity contribution in [1.82, 2.24) is 19.9 Å². The minimum Gasteiger partial charge on any atom is -0.404 e. The SMILES string of the molecule is Cc1nc(NC(C)c2ccc(OC(F)(F)F)c(Cl)c2)nc(NC2(O)CCC3C(O)C32O)c1-c1nc2c(C)nccc2s1. The van der Waals surface area contributed by atoms with Crippen molar-refractivity contribution in [2.24, 2.45) is 5.92 Å². The number of aliphatic hydroxyl groups excluding tert-OH is 1. The predicted molar refractivity (Wildman–Crippen MR) is 150 cm³/mol. The number of pyridine rings is 1. The Morgan fingerprint density at radius 3 is 2.55 bits per heavy atom. The summed E-state index contributed by atoms with van der Waals surface area (Å²) in [7, 11) is 0. The van der Waals surface area contributed by atoms with E-state index in [0.29, 0.717) is 33.8 Å². The second-order valence-corrected chi connectivity index (χ2v) is 12.1. The first-order chi connectivity index (χ1) is 19.7. The van der Waals surface area contributed by atoms with Crippen LogP contribution in [0.2, 0.25) is 5.02 Å². The summed E-state index contributed by atoms with van der Waals surface area (Å²) in [6, 6.07) is 5.25. The van der Waals surface area contributed by atoms with Crippen molar-refractivity contribution in [3.8, 4) is 16.3 Å². The fraction of sp³-hybridized carbons (Fsp3) is 0.407. The van der Waals surface area contributed by atoms with Gasteiger partial charge in [-0.25, -0.2) is 9.97 Å². The van der Waals surface area contributed by atoms with Gasteiger partial charge >= 0.3 is 6.36 Å². The molecule has 0 bridgehead atoms. The zero-order valence-electron chi connectivity index (χ0n) is 22.5.